The number of anilines is 4. The topological polar surface area (TPSA) is 120 Å². The molecule has 0 radical (unpaired) electrons. The van der Waals surface area contributed by atoms with Crippen LogP contribution in [0.3, 0.4) is 0 Å². The summed E-state index contributed by atoms with van der Waals surface area (Å²) in [5.41, 5.74) is 6.17. The molecule has 3 aromatic rings. The van der Waals surface area contributed by atoms with Crippen molar-refractivity contribution in [1.82, 2.24) is 20.4 Å². The second-order valence-corrected chi connectivity index (χ2v) is 8.98. The lowest BCUT2D eigenvalue weighted by atomic mass is 10.1. The van der Waals surface area contributed by atoms with E-state index in [4.69, 9.17) is 14.3 Å². The van der Waals surface area contributed by atoms with Crippen LogP contribution in [0.2, 0.25) is 0 Å². The average Bonchev–Trinajstić information content (AvgIpc) is 3.66. The SMILES string of the molecule is CCONC(=O)c1cnc(Nc2cc(C)nc(C)n2)cc1Nc1ccc(C2CC2)cc1OC1COC1. The number of aryl methyl sites for hydroxylation is 2. The first-order valence-corrected chi connectivity index (χ1v) is 12.2. The van der Waals surface area contributed by atoms with Crippen molar-refractivity contribution in [3.63, 3.8) is 0 Å². The number of hydrogen-bond acceptors (Lipinski definition) is 9. The van der Waals surface area contributed by atoms with Crippen molar-refractivity contribution < 1.29 is 19.1 Å². The Morgan fingerprint density at radius 1 is 1.06 bits per heavy atom. The normalized spacial score (nSPS) is 15.2. The van der Waals surface area contributed by atoms with Crippen LogP contribution in [0.25, 0.3) is 0 Å². The highest BCUT2D eigenvalue weighted by molar-refractivity contribution is 6.00. The molecule has 1 aromatic carbocycles. The molecule has 1 saturated heterocycles. The summed E-state index contributed by atoms with van der Waals surface area (Å²) in [7, 11) is 0. The molecule has 3 N–H and O–H groups in total. The molecule has 0 spiro atoms. The van der Waals surface area contributed by atoms with Gasteiger partial charge in [-0.2, -0.15) is 0 Å². The van der Waals surface area contributed by atoms with Crippen LogP contribution in [0.5, 0.6) is 5.75 Å². The van der Waals surface area contributed by atoms with E-state index in [2.05, 4.69) is 43.2 Å². The third kappa shape index (κ3) is 5.72. The fourth-order valence-corrected chi connectivity index (χ4v) is 3.93. The predicted molar refractivity (Wildman–Crippen MR) is 135 cm³/mol. The molecule has 1 aliphatic carbocycles. The summed E-state index contributed by atoms with van der Waals surface area (Å²) < 4.78 is 11.5. The van der Waals surface area contributed by atoms with Gasteiger partial charge >= 0.3 is 0 Å². The third-order valence-electron chi connectivity index (χ3n) is 5.90. The van der Waals surface area contributed by atoms with E-state index in [1.165, 1.54) is 24.6 Å². The van der Waals surface area contributed by atoms with Gasteiger partial charge in [0.2, 0.25) is 0 Å². The first kappa shape index (κ1) is 24.0. The quantitative estimate of drug-likeness (QED) is 0.357. The van der Waals surface area contributed by atoms with Gasteiger partial charge in [0, 0.05) is 24.0 Å². The zero-order valence-corrected chi connectivity index (χ0v) is 20.6. The van der Waals surface area contributed by atoms with Crippen LogP contribution in [-0.2, 0) is 9.57 Å². The van der Waals surface area contributed by atoms with Gasteiger partial charge in [0.25, 0.3) is 5.91 Å². The Labute approximate surface area is 209 Å². The molecule has 0 bridgehead atoms. The van der Waals surface area contributed by atoms with Crippen molar-refractivity contribution in [3.8, 4) is 5.75 Å². The summed E-state index contributed by atoms with van der Waals surface area (Å²) in [6.45, 7) is 7.01. The van der Waals surface area contributed by atoms with E-state index in [0.717, 1.165) is 17.1 Å². The molecule has 36 heavy (non-hydrogen) atoms. The zero-order chi connectivity index (χ0) is 25.1. The molecule has 10 nitrogen and oxygen atoms in total. The number of benzene rings is 1. The van der Waals surface area contributed by atoms with Gasteiger partial charge in [0.1, 0.15) is 29.3 Å². The molecule has 2 aliphatic rings. The molecule has 188 valence electrons. The van der Waals surface area contributed by atoms with Crippen molar-refractivity contribution >= 4 is 28.9 Å². The Morgan fingerprint density at radius 2 is 1.89 bits per heavy atom. The number of carbonyl (C=O) groups is 1. The van der Waals surface area contributed by atoms with Crippen LogP contribution < -0.4 is 20.9 Å². The van der Waals surface area contributed by atoms with Crippen molar-refractivity contribution in [1.29, 1.82) is 0 Å². The lowest BCUT2D eigenvalue weighted by Gasteiger charge is -2.28. The molecule has 3 heterocycles. The van der Waals surface area contributed by atoms with Gasteiger partial charge in [-0.25, -0.2) is 20.4 Å². The molecule has 1 aliphatic heterocycles. The Kier molecular flexibility index (Phi) is 6.97. The van der Waals surface area contributed by atoms with E-state index in [1.807, 2.05) is 26.0 Å². The lowest BCUT2D eigenvalue weighted by Crippen LogP contribution is -2.38. The Hall–Kier alpha value is -3.76. The Bertz CT molecular complexity index is 1240. The molecular formula is C26H30N6O4. The highest BCUT2D eigenvalue weighted by atomic mass is 16.6. The van der Waals surface area contributed by atoms with Gasteiger partial charge in [0.05, 0.1) is 36.8 Å². The van der Waals surface area contributed by atoms with Crippen LogP contribution >= 0.6 is 0 Å². The predicted octanol–water partition coefficient (Wildman–Crippen LogP) is 4.31. The Balaban J connectivity index is 1.47. The summed E-state index contributed by atoms with van der Waals surface area (Å²) in [6.07, 6.45) is 3.90. The number of hydroxylamine groups is 1. The van der Waals surface area contributed by atoms with Crippen LogP contribution in [0.4, 0.5) is 23.0 Å². The monoisotopic (exact) mass is 490 g/mol. The number of hydrogen-bond donors (Lipinski definition) is 3. The number of ether oxygens (including phenoxy) is 2. The average molecular weight is 491 g/mol. The van der Waals surface area contributed by atoms with Crippen LogP contribution in [0, 0.1) is 13.8 Å². The molecule has 1 saturated carbocycles. The molecule has 5 rings (SSSR count). The van der Waals surface area contributed by atoms with Crippen molar-refractivity contribution in [2.75, 3.05) is 30.5 Å². The first-order valence-electron chi connectivity index (χ1n) is 12.2. The smallest absolute Gasteiger partial charge is 0.278 e. The van der Waals surface area contributed by atoms with Crippen molar-refractivity contribution in [2.45, 2.75) is 45.6 Å². The number of rotatable bonds is 10. The van der Waals surface area contributed by atoms with E-state index in [0.29, 0.717) is 54.4 Å². The highest BCUT2D eigenvalue weighted by Crippen LogP contribution is 2.43. The van der Waals surface area contributed by atoms with Crippen molar-refractivity contribution in [2.24, 2.45) is 0 Å². The summed E-state index contributed by atoms with van der Waals surface area (Å²) in [5.74, 6) is 2.71. The number of nitrogens with one attached hydrogen (secondary N) is 3. The standard InChI is InChI=1S/C26H30N6O4/c1-4-35-32-26(33)20-12-27-24(31-25-9-15(2)28-16(3)29-25)11-22(20)30-21-8-7-18(17-5-6-17)10-23(21)36-19-13-34-14-19/h7-12,17,19H,4-6,13-14H2,1-3H3,(H,32,33)(H2,27,28,29,30,31). The van der Waals surface area contributed by atoms with E-state index in [-0.39, 0.29) is 6.10 Å². The van der Waals surface area contributed by atoms with E-state index < -0.39 is 5.91 Å². The van der Waals surface area contributed by atoms with E-state index in [9.17, 15) is 4.79 Å². The summed E-state index contributed by atoms with van der Waals surface area (Å²) in [6, 6.07) is 9.79. The number of nitrogens with zero attached hydrogens (tertiary/aromatic N) is 3. The minimum absolute atomic E-state index is 0.0136. The number of aromatic nitrogens is 3. The number of amides is 1. The van der Waals surface area contributed by atoms with Gasteiger partial charge in [-0.05, 0) is 57.2 Å². The fraction of sp³-hybridized carbons (Fsp3) is 0.385. The minimum atomic E-state index is -0.406. The zero-order valence-electron chi connectivity index (χ0n) is 20.6. The van der Waals surface area contributed by atoms with Gasteiger partial charge < -0.3 is 20.1 Å². The third-order valence-corrected chi connectivity index (χ3v) is 5.90. The maximum Gasteiger partial charge on any atom is 0.278 e. The molecule has 2 fully saturated rings. The number of carbonyl (C=O) groups excluding carboxylic acids is 1. The van der Waals surface area contributed by atoms with E-state index in [1.54, 1.807) is 13.0 Å². The van der Waals surface area contributed by atoms with Gasteiger partial charge in [-0.15, -0.1) is 0 Å². The molecule has 0 unspecified atom stereocenters. The van der Waals surface area contributed by atoms with Gasteiger partial charge in [-0.3, -0.25) is 9.63 Å². The maximum absolute atomic E-state index is 12.8. The van der Waals surface area contributed by atoms with Crippen LogP contribution in [-0.4, -0.2) is 46.8 Å². The minimum Gasteiger partial charge on any atom is -0.483 e. The van der Waals surface area contributed by atoms with Crippen LogP contribution in [0.1, 0.15) is 53.1 Å². The van der Waals surface area contributed by atoms with Crippen LogP contribution in [0.15, 0.2) is 36.5 Å². The first-order chi connectivity index (χ1) is 17.5. The molecule has 2 aromatic heterocycles. The van der Waals surface area contributed by atoms with E-state index >= 15 is 0 Å². The van der Waals surface area contributed by atoms with Gasteiger partial charge in [-0.1, -0.05) is 6.07 Å². The number of pyridine rings is 1. The molecular weight excluding hydrogens is 460 g/mol. The molecule has 1 amide bonds. The fourth-order valence-electron chi connectivity index (χ4n) is 3.93. The Morgan fingerprint density at radius 3 is 2.58 bits per heavy atom. The molecule has 10 heteroatoms. The van der Waals surface area contributed by atoms with Crippen molar-refractivity contribution in [3.05, 3.63) is 59.2 Å². The molecule has 0 atom stereocenters. The van der Waals surface area contributed by atoms with Gasteiger partial charge in [0.15, 0.2) is 0 Å². The largest absolute Gasteiger partial charge is 0.483 e. The summed E-state index contributed by atoms with van der Waals surface area (Å²) >= 11 is 0. The lowest BCUT2D eigenvalue weighted by molar-refractivity contribution is -0.0794. The maximum atomic E-state index is 12.8. The highest BCUT2D eigenvalue weighted by Gasteiger charge is 2.27. The second-order valence-electron chi connectivity index (χ2n) is 8.98. The summed E-state index contributed by atoms with van der Waals surface area (Å²) in [4.78, 5) is 31.1. The summed E-state index contributed by atoms with van der Waals surface area (Å²) in [5, 5.41) is 6.60. The second kappa shape index (κ2) is 10.5.